The van der Waals surface area contributed by atoms with Crippen molar-refractivity contribution in [2.24, 2.45) is 5.73 Å². The van der Waals surface area contributed by atoms with Gasteiger partial charge in [-0.15, -0.1) is 17.5 Å². The fourth-order valence-corrected chi connectivity index (χ4v) is 2.72. The van der Waals surface area contributed by atoms with Crippen LogP contribution in [0.3, 0.4) is 0 Å². The third-order valence-electron chi connectivity index (χ3n) is 3.86. The van der Waals surface area contributed by atoms with E-state index in [-0.39, 0.29) is 24.0 Å². The van der Waals surface area contributed by atoms with Crippen molar-refractivity contribution in [3.8, 4) is 0 Å². The number of hydrogen-bond acceptors (Lipinski definition) is 4. The van der Waals surface area contributed by atoms with Gasteiger partial charge in [-0.25, -0.2) is 4.68 Å². The van der Waals surface area contributed by atoms with Crippen LogP contribution in [-0.4, -0.2) is 38.5 Å². The van der Waals surface area contributed by atoms with Gasteiger partial charge in [0.1, 0.15) is 0 Å². The molecule has 116 valence electrons. The monoisotopic (exact) mass is 301 g/mol. The first kappa shape index (κ1) is 17.4. The Morgan fingerprint density at radius 2 is 2.10 bits per heavy atom. The second-order valence-electron chi connectivity index (χ2n) is 6.72. The lowest BCUT2D eigenvalue weighted by molar-refractivity contribution is 0.121. The van der Waals surface area contributed by atoms with E-state index in [1.54, 1.807) is 0 Å². The molecule has 1 aromatic rings. The van der Waals surface area contributed by atoms with Gasteiger partial charge in [0.25, 0.3) is 0 Å². The highest BCUT2D eigenvalue weighted by Crippen LogP contribution is 2.21. The van der Waals surface area contributed by atoms with Gasteiger partial charge in [0.2, 0.25) is 0 Å². The zero-order valence-electron chi connectivity index (χ0n) is 13.0. The topological polar surface area (TPSA) is 60.0 Å². The fourth-order valence-electron chi connectivity index (χ4n) is 2.72. The van der Waals surface area contributed by atoms with E-state index < -0.39 is 0 Å². The maximum absolute atomic E-state index is 6.10. The largest absolute Gasteiger partial charge is 0.327 e. The van der Waals surface area contributed by atoms with Crippen LogP contribution in [0.2, 0.25) is 0 Å². The van der Waals surface area contributed by atoms with E-state index >= 15 is 0 Å². The van der Waals surface area contributed by atoms with E-state index in [1.165, 1.54) is 19.3 Å². The standard InChI is InChI=1S/C14H27N5.ClH/c1-11(15)13-7-5-6-8-18(13)9-12-10-19(17-16-12)14(2,3)4;/h10-11,13H,5-9,15H2,1-4H3;1H. The summed E-state index contributed by atoms with van der Waals surface area (Å²) in [6.45, 7) is 10.5. The van der Waals surface area contributed by atoms with Crippen LogP contribution < -0.4 is 5.73 Å². The van der Waals surface area contributed by atoms with E-state index in [1.807, 2.05) is 4.68 Å². The average Bonchev–Trinajstić information content (AvgIpc) is 2.77. The Labute approximate surface area is 128 Å². The molecule has 2 unspecified atom stereocenters. The molecule has 20 heavy (non-hydrogen) atoms. The molecule has 6 heteroatoms. The number of hydrogen-bond donors (Lipinski definition) is 1. The number of nitrogens with two attached hydrogens (primary N) is 1. The highest BCUT2D eigenvalue weighted by atomic mass is 35.5. The third kappa shape index (κ3) is 4.17. The van der Waals surface area contributed by atoms with Crippen LogP contribution in [0.1, 0.15) is 52.7 Å². The van der Waals surface area contributed by atoms with Crippen molar-refractivity contribution in [2.45, 2.75) is 71.1 Å². The van der Waals surface area contributed by atoms with Gasteiger partial charge in [-0.2, -0.15) is 0 Å². The van der Waals surface area contributed by atoms with Gasteiger partial charge < -0.3 is 5.73 Å². The summed E-state index contributed by atoms with van der Waals surface area (Å²) in [7, 11) is 0. The summed E-state index contributed by atoms with van der Waals surface area (Å²) in [4.78, 5) is 2.46. The molecule has 0 saturated carbocycles. The first-order chi connectivity index (χ1) is 8.88. The molecule has 2 rings (SSSR count). The molecule has 1 aliphatic heterocycles. The molecule has 1 aliphatic rings. The second kappa shape index (κ2) is 6.87. The molecule has 2 N–H and O–H groups in total. The van der Waals surface area contributed by atoms with E-state index in [0.717, 1.165) is 18.8 Å². The van der Waals surface area contributed by atoms with Crippen LogP contribution in [0.25, 0.3) is 0 Å². The molecular weight excluding hydrogens is 274 g/mol. The summed E-state index contributed by atoms with van der Waals surface area (Å²) in [6, 6.07) is 0.700. The van der Waals surface area contributed by atoms with Crippen molar-refractivity contribution in [3.05, 3.63) is 11.9 Å². The molecule has 0 amide bonds. The van der Waals surface area contributed by atoms with Crippen molar-refractivity contribution >= 4 is 12.4 Å². The number of rotatable bonds is 3. The number of nitrogens with zero attached hydrogens (tertiary/aromatic N) is 4. The maximum Gasteiger partial charge on any atom is 0.0967 e. The summed E-state index contributed by atoms with van der Waals surface area (Å²) in [5.41, 5.74) is 7.14. The lowest BCUT2D eigenvalue weighted by Crippen LogP contribution is -2.48. The van der Waals surface area contributed by atoms with E-state index in [2.05, 4.69) is 49.1 Å². The van der Waals surface area contributed by atoms with Crippen LogP contribution in [0, 0.1) is 0 Å². The van der Waals surface area contributed by atoms with E-state index in [0.29, 0.717) is 6.04 Å². The van der Waals surface area contributed by atoms with Crippen molar-refractivity contribution in [3.63, 3.8) is 0 Å². The molecule has 2 atom stereocenters. The van der Waals surface area contributed by atoms with Crippen molar-refractivity contribution in [2.75, 3.05) is 6.54 Å². The molecule has 0 bridgehead atoms. The molecule has 1 fully saturated rings. The third-order valence-corrected chi connectivity index (χ3v) is 3.86. The van der Waals surface area contributed by atoms with Gasteiger partial charge in [-0.3, -0.25) is 4.90 Å². The van der Waals surface area contributed by atoms with Crippen LogP contribution >= 0.6 is 12.4 Å². The molecule has 1 saturated heterocycles. The SMILES string of the molecule is CC(N)C1CCCCN1Cc1cn(C(C)(C)C)nn1.Cl. The zero-order valence-corrected chi connectivity index (χ0v) is 13.9. The van der Waals surface area contributed by atoms with Gasteiger partial charge in [0, 0.05) is 18.6 Å². The summed E-state index contributed by atoms with van der Waals surface area (Å²) in [5.74, 6) is 0. The van der Waals surface area contributed by atoms with E-state index in [9.17, 15) is 0 Å². The van der Waals surface area contributed by atoms with E-state index in [4.69, 9.17) is 5.73 Å². The lowest BCUT2D eigenvalue weighted by atomic mass is 9.97. The predicted molar refractivity (Wildman–Crippen MR) is 84.0 cm³/mol. The van der Waals surface area contributed by atoms with Crippen LogP contribution in [0.4, 0.5) is 0 Å². The summed E-state index contributed by atoms with van der Waals surface area (Å²) < 4.78 is 1.94. The Morgan fingerprint density at radius 3 is 2.65 bits per heavy atom. The number of piperidine rings is 1. The van der Waals surface area contributed by atoms with Crippen LogP contribution in [-0.2, 0) is 12.1 Å². The number of aromatic nitrogens is 3. The Kier molecular flexibility index (Phi) is 5.98. The average molecular weight is 302 g/mol. The second-order valence-corrected chi connectivity index (χ2v) is 6.72. The zero-order chi connectivity index (χ0) is 14.0. The van der Waals surface area contributed by atoms with Crippen molar-refractivity contribution in [1.82, 2.24) is 19.9 Å². The number of likely N-dealkylation sites (tertiary alicyclic amines) is 1. The normalized spacial score (nSPS) is 22.4. The summed E-state index contributed by atoms with van der Waals surface area (Å²) in [5, 5.41) is 8.53. The molecule has 2 heterocycles. The smallest absolute Gasteiger partial charge is 0.0967 e. The Bertz CT molecular complexity index is 410. The fraction of sp³-hybridized carbons (Fsp3) is 0.857. The first-order valence-corrected chi connectivity index (χ1v) is 7.29. The molecule has 1 aromatic heterocycles. The Balaban J connectivity index is 0.00000200. The molecule has 0 aromatic carbocycles. The maximum atomic E-state index is 6.10. The minimum absolute atomic E-state index is 0. The van der Waals surface area contributed by atoms with Crippen molar-refractivity contribution < 1.29 is 0 Å². The number of halogens is 1. The lowest BCUT2D eigenvalue weighted by Gasteiger charge is -2.37. The molecular formula is C14H28ClN5. The predicted octanol–water partition coefficient (Wildman–Crippen LogP) is 2.16. The Morgan fingerprint density at radius 1 is 1.40 bits per heavy atom. The molecule has 5 nitrogen and oxygen atoms in total. The summed E-state index contributed by atoms with van der Waals surface area (Å²) >= 11 is 0. The highest BCUT2D eigenvalue weighted by Gasteiger charge is 2.26. The first-order valence-electron chi connectivity index (χ1n) is 7.29. The molecule has 0 radical (unpaired) electrons. The van der Waals surface area contributed by atoms with Gasteiger partial charge in [-0.1, -0.05) is 11.6 Å². The summed E-state index contributed by atoms with van der Waals surface area (Å²) in [6.07, 6.45) is 5.81. The minimum Gasteiger partial charge on any atom is -0.327 e. The molecule has 0 spiro atoms. The van der Waals surface area contributed by atoms with Crippen LogP contribution in [0.5, 0.6) is 0 Å². The van der Waals surface area contributed by atoms with Gasteiger partial charge >= 0.3 is 0 Å². The van der Waals surface area contributed by atoms with Gasteiger partial charge in [0.05, 0.1) is 17.4 Å². The van der Waals surface area contributed by atoms with Gasteiger partial charge in [-0.05, 0) is 47.1 Å². The van der Waals surface area contributed by atoms with Gasteiger partial charge in [0.15, 0.2) is 0 Å². The Hall–Kier alpha value is -0.650. The molecule has 0 aliphatic carbocycles. The minimum atomic E-state index is -0.00624. The van der Waals surface area contributed by atoms with Crippen LogP contribution in [0.15, 0.2) is 6.20 Å². The van der Waals surface area contributed by atoms with Crippen molar-refractivity contribution in [1.29, 1.82) is 0 Å². The quantitative estimate of drug-likeness (QED) is 0.929. The highest BCUT2D eigenvalue weighted by molar-refractivity contribution is 5.85.